The number of amides is 1. The minimum Gasteiger partial charge on any atom is -0.355 e. The molecular weight excluding hydrogens is 319 g/mol. The van der Waals surface area contributed by atoms with Gasteiger partial charge < -0.3 is 10.2 Å². The first-order chi connectivity index (χ1) is 11.1. The van der Waals surface area contributed by atoms with Gasteiger partial charge in [-0.1, -0.05) is 11.6 Å². The number of nitrogens with zero attached hydrogens (tertiary/aromatic N) is 3. The standard InChI is InChI=1S/C16H16ClFN4O/c17-11-4-5-13(12(18)10-11)19-16(23)14-6-7-15(21-20-14)22-8-2-1-3-9-22/h4-7,10H,1-3,8-9H2,(H,19,23). The van der Waals surface area contributed by atoms with Crippen molar-refractivity contribution in [1.82, 2.24) is 10.2 Å². The van der Waals surface area contributed by atoms with E-state index in [1.165, 1.54) is 18.6 Å². The first kappa shape index (κ1) is 15.7. The Kier molecular flexibility index (Phi) is 4.71. The lowest BCUT2D eigenvalue weighted by molar-refractivity contribution is 0.102. The molecule has 0 aliphatic carbocycles. The van der Waals surface area contributed by atoms with Gasteiger partial charge in [0.15, 0.2) is 11.5 Å². The van der Waals surface area contributed by atoms with Crippen molar-refractivity contribution < 1.29 is 9.18 Å². The van der Waals surface area contributed by atoms with E-state index in [2.05, 4.69) is 20.4 Å². The molecule has 0 spiro atoms. The van der Waals surface area contributed by atoms with Gasteiger partial charge in [0.1, 0.15) is 5.82 Å². The zero-order valence-corrected chi connectivity index (χ0v) is 13.2. The number of piperidine rings is 1. The van der Waals surface area contributed by atoms with Crippen LogP contribution in [0.15, 0.2) is 30.3 Å². The van der Waals surface area contributed by atoms with Crippen LogP contribution in [0.4, 0.5) is 15.9 Å². The lowest BCUT2D eigenvalue weighted by Gasteiger charge is -2.27. The summed E-state index contributed by atoms with van der Waals surface area (Å²) >= 11 is 5.68. The molecule has 1 saturated heterocycles. The Balaban J connectivity index is 1.69. The number of halogens is 2. The highest BCUT2D eigenvalue weighted by Crippen LogP contribution is 2.20. The lowest BCUT2D eigenvalue weighted by atomic mass is 10.1. The molecule has 1 aromatic carbocycles. The van der Waals surface area contributed by atoms with E-state index in [1.807, 2.05) is 0 Å². The second-order valence-electron chi connectivity index (χ2n) is 5.40. The quantitative estimate of drug-likeness (QED) is 0.933. The predicted molar refractivity (Wildman–Crippen MR) is 87.5 cm³/mol. The zero-order chi connectivity index (χ0) is 16.2. The van der Waals surface area contributed by atoms with Crippen LogP contribution in [0.2, 0.25) is 5.02 Å². The molecule has 0 saturated carbocycles. The molecule has 2 aromatic rings. The van der Waals surface area contributed by atoms with Crippen LogP contribution in [0.25, 0.3) is 0 Å². The molecule has 1 aliphatic heterocycles. The Morgan fingerprint density at radius 3 is 2.57 bits per heavy atom. The van der Waals surface area contributed by atoms with Crippen molar-refractivity contribution in [2.75, 3.05) is 23.3 Å². The maximum atomic E-state index is 13.7. The number of aromatic nitrogens is 2. The van der Waals surface area contributed by atoms with Gasteiger partial charge in [-0.3, -0.25) is 4.79 Å². The molecule has 1 aliphatic rings. The Morgan fingerprint density at radius 2 is 1.91 bits per heavy atom. The average molecular weight is 335 g/mol. The highest BCUT2D eigenvalue weighted by atomic mass is 35.5. The summed E-state index contributed by atoms with van der Waals surface area (Å²) in [5.41, 5.74) is 0.196. The highest BCUT2D eigenvalue weighted by Gasteiger charge is 2.15. The molecule has 1 N–H and O–H groups in total. The average Bonchev–Trinajstić information content (AvgIpc) is 2.58. The molecule has 0 radical (unpaired) electrons. The van der Waals surface area contributed by atoms with Crippen LogP contribution in [-0.2, 0) is 0 Å². The normalized spacial score (nSPS) is 14.6. The van der Waals surface area contributed by atoms with Gasteiger partial charge in [0, 0.05) is 18.1 Å². The molecule has 1 fully saturated rings. The summed E-state index contributed by atoms with van der Waals surface area (Å²) in [5.74, 6) is -0.341. The second-order valence-corrected chi connectivity index (χ2v) is 5.84. The number of benzene rings is 1. The number of hydrogen-bond acceptors (Lipinski definition) is 4. The van der Waals surface area contributed by atoms with E-state index in [4.69, 9.17) is 11.6 Å². The topological polar surface area (TPSA) is 58.1 Å². The molecule has 0 atom stereocenters. The number of rotatable bonds is 3. The van der Waals surface area contributed by atoms with Gasteiger partial charge in [0.25, 0.3) is 5.91 Å². The maximum Gasteiger partial charge on any atom is 0.276 e. The van der Waals surface area contributed by atoms with Crippen LogP contribution in [0, 0.1) is 5.82 Å². The minimum atomic E-state index is -0.594. The lowest BCUT2D eigenvalue weighted by Crippen LogP contribution is -2.30. The Morgan fingerprint density at radius 1 is 1.13 bits per heavy atom. The van der Waals surface area contributed by atoms with E-state index >= 15 is 0 Å². The van der Waals surface area contributed by atoms with Crippen molar-refractivity contribution in [3.8, 4) is 0 Å². The summed E-state index contributed by atoms with van der Waals surface area (Å²) in [4.78, 5) is 14.3. The number of carbonyl (C=O) groups excluding carboxylic acids is 1. The summed E-state index contributed by atoms with van der Waals surface area (Å²) in [6.07, 6.45) is 3.51. The first-order valence-electron chi connectivity index (χ1n) is 7.48. The fraction of sp³-hybridized carbons (Fsp3) is 0.312. The molecule has 1 aromatic heterocycles. The monoisotopic (exact) mass is 334 g/mol. The summed E-state index contributed by atoms with van der Waals surface area (Å²) < 4.78 is 13.7. The van der Waals surface area contributed by atoms with E-state index < -0.39 is 11.7 Å². The number of carbonyl (C=O) groups is 1. The molecule has 7 heteroatoms. The van der Waals surface area contributed by atoms with Gasteiger partial charge in [-0.25, -0.2) is 4.39 Å². The van der Waals surface area contributed by atoms with Crippen molar-refractivity contribution in [1.29, 1.82) is 0 Å². The highest BCUT2D eigenvalue weighted by molar-refractivity contribution is 6.30. The predicted octanol–water partition coefficient (Wildman–Crippen LogP) is 3.51. The zero-order valence-electron chi connectivity index (χ0n) is 12.4. The molecule has 3 rings (SSSR count). The molecule has 1 amide bonds. The van der Waals surface area contributed by atoms with Crippen molar-refractivity contribution in [3.05, 3.63) is 46.9 Å². The third kappa shape index (κ3) is 3.76. The van der Waals surface area contributed by atoms with Gasteiger partial charge in [-0.15, -0.1) is 10.2 Å². The summed E-state index contributed by atoms with van der Waals surface area (Å²) in [5, 5.41) is 10.8. The van der Waals surface area contributed by atoms with Crippen LogP contribution in [0.3, 0.4) is 0 Å². The van der Waals surface area contributed by atoms with Crippen LogP contribution >= 0.6 is 11.6 Å². The smallest absolute Gasteiger partial charge is 0.276 e. The molecule has 5 nitrogen and oxygen atoms in total. The third-order valence-corrected chi connectivity index (χ3v) is 3.98. The molecule has 0 bridgehead atoms. The Labute approximate surface area is 138 Å². The number of nitrogens with one attached hydrogen (secondary N) is 1. The van der Waals surface area contributed by atoms with Gasteiger partial charge in [-0.2, -0.15) is 0 Å². The maximum absolute atomic E-state index is 13.7. The second kappa shape index (κ2) is 6.91. The van der Waals surface area contributed by atoms with Crippen LogP contribution < -0.4 is 10.2 Å². The molecule has 0 unspecified atom stereocenters. The fourth-order valence-electron chi connectivity index (χ4n) is 2.52. The molecule has 2 heterocycles. The van der Waals surface area contributed by atoms with E-state index in [0.29, 0.717) is 0 Å². The van der Waals surface area contributed by atoms with Crippen molar-refractivity contribution in [3.63, 3.8) is 0 Å². The van der Waals surface area contributed by atoms with Crippen LogP contribution in [0.5, 0.6) is 0 Å². The number of hydrogen-bond donors (Lipinski definition) is 1. The van der Waals surface area contributed by atoms with E-state index in [1.54, 1.807) is 12.1 Å². The SMILES string of the molecule is O=C(Nc1ccc(Cl)cc1F)c1ccc(N2CCCCC2)nn1. The summed E-state index contributed by atoms with van der Waals surface area (Å²) in [6.45, 7) is 1.91. The minimum absolute atomic E-state index is 0.0568. The van der Waals surface area contributed by atoms with E-state index in [9.17, 15) is 9.18 Å². The van der Waals surface area contributed by atoms with E-state index in [0.717, 1.165) is 37.8 Å². The number of anilines is 2. The Bertz CT molecular complexity index is 702. The van der Waals surface area contributed by atoms with Gasteiger partial charge in [0.05, 0.1) is 5.69 Å². The summed E-state index contributed by atoms with van der Waals surface area (Å²) in [7, 11) is 0. The molecule has 120 valence electrons. The van der Waals surface area contributed by atoms with E-state index in [-0.39, 0.29) is 16.4 Å². The van der Waals surface area contributed by atoms with Crippen molar-refractivity contribution >= 4 is 29.0 Å². The van der Waals surface area contributed by atoms with Crippen molar-refractivity contribution in [2.45, 2.75) is 19.3 Å². The molecular formula is C16H16ClFN4O. The summed E-state index contributed by atoms with van der Waals surface area (Å²) in [6, 6.07) is 7.42. The Hall–Kier alpha value is -2.21. The largest absolute Gasteiger partial charge is 0.355 e. The fourth-order valence-corrected chi connectivity index (χ4v) is 2.67. The first-order valence-corrected chi connectivity index (χ1v) is 7.86. The van der Waals surface area contributed by atoms with Gasteiger partial charge in [0.2, 0.25) is 0 Å². The van der Waals surface area contributed by atoms with Gasteiger partial charge in [-0.05, 0) is 49.6 Å². The van der Waals surface area contributed by atoms with Gasteiger partial charge >= 0.3 is 0 Å². The molecule has 23 heavy (non-hydrogen) atoms. The third-order valence-electron chi connectivity index (χ3n) is 3.74. The van der Waals surface area contributed by atoms with Crippen molar-refractivity contribution in [2.24, 2.45) is 0 Å². The van der Waals surface area contributed by atoms with Crippen LogP contribution in [0.1, 0.15) is 29.8 Å². The van der Waals surface area contributed by atoms with Crippen LogP contribution in [-0.4, -0.2) is 29.2 Å².